The number of nitrogens with zero attached hydrogens (tertiary/aromatic N) is 3. The van der Waals surface area contributed by atoms with Gasteiger partial charge in [0.05, 0.1) is 37.9 Å². The van der Waals surface area contributed by atoms with E-state index in [1.54, 1.807) is 40.3 Å². The summed E-state index contributed by atoms with van der Waals surface area (Å²) < 4.78 is 12.7. The Bertz CT molecular complexity index is 1380. The Hall–Kier alpha value is -4.28. The van der Waals surface area contributed by atoms with Crippen molar-refractivity contribution in [2.45, 2.75) is 64.3 Å². The van der Waals surface area contributed by atoms with Gasteiger partial charge in [0.15, 0.2) is 5.78 Å². The van der Waals surface area contributed by atoms with Crippen LogP contribution in [0.5, 0.6) is 5.75 Å². The highest BCUT2D eigenvalue weighted by Gasteiger charge is 2.30. The lowest BCUT2D eigenvalue weighted by Crippen LogP contribution is -2.55. The SMILES string of the molecule is C=Cc1cn(C(C(=O)N2CCCC2)c2cccc(OC)c2)cn1.CCC(=O)[C@@H](COCc1ccccc1)NC(=O)C(C)(C)N. The normalized spacial score (nSPS) is 14.2. The van der Waals surface area contributed by atoms with Gasteiger partial charge < -0.3 is 30.0 Å². The molecule has 0 bridgehead atoms. The van der Waals surface area contributed by atoms with Gasteiger partial charge in [-0.2, -0.15) is 0 Å². The molecule has 1 saturated heterocycles. The van der Waals surface area contributed by atoms with Crippen LogP contribution in [0, 0.1) is 0 Å². The number of ketones is 1. The molecule has 2 heterocycles. The predicted molar refractivity (Wildman–Crippen MR) is 171 cm³/mol. The molecule has 0 radical (unpaired) electrons. The van der Waals surface area contributed by atoms with Crippen molar-refractivity contribution in [1.82, 2.24) is 19.8 Å². The zero-order valence-corrected chi connectivity index (χ0v) is 26.2. The van der Waals surface area contributed by atoms with Gasteiger partial charge in [-0.3, -0.25) is 14.4 Å². The summed E-state index contributed by atoms with van der Waals surface area (Å²) in [6, 6.07) is 16.2. The lowest BCUT2D eigenvalue weighted by molar-refractivity contribution is -0.132. The molecule has 10 heteroatoms. The maximum Gasteiger partial charge on any atom is 0.250 e. The number of amides is 2. The zero-order valence-electron chi connectivity index (χ0n) is 26.2. The van der Waals surface area contributed by atoms with Gasteiger partial charge in [0.1, 0.15) is 17.8 Å². The lowest BCUT2D eigenvalue weighted by atomic mass is 10.0. The topological polar surface area (TPSA) is 129 Å². The molecule has 4 rings (SSSR count). The molecule has 2 amide bonds. The van der Waals surface area contributed by atoms with Gasteiger partial charge in [0.2, 0.25) is 11.8 Å². The summed E-state index contributed by atoms with van der Waals surface area (Å²) in [4.78, 5) is 43.0. The second-order valence-corrected chi connectivity index (χ2v) is 11.2. The highest BCUT2D eigenvalue weighted by Crippen LogP contribution is 2.26. The Kier molecular flexibility index (Phi) is 12.9. The highest BCUT2D eigenvalue weighted by atomic mass is 16.5. The maximum absolute atomic E-state index is 13.1. The Morgan fingerprint density at radius 1 is 1.11 bits per heavy atom. The summed E-state index contributed by atoms with van der Waals surface area (Å²) in [6.07, 6.45) is 7.70. The van der Waals surface area contributed by atoms with E-state index in [-0.39, 0.29) is 24.2 Å². The summed E-state index contributed by atoms with van der Waals surface area (Å²) in [5, 5.41) is 2.66. The minimum absolute atomic E-state index is 0.0688. The molecule has 0 saturated carbocycles. The van der Waals surface area contributed by atoms with Crippen LogP contribution in [0.25, 0.3) is 6.08 Å². The summed E-state index contributed by atoms with van der Waals surface area (Å²) in [7, 11) is 1.63. The first-order chi connectivity index (χ1) is 21.1. The van der Waals surface area contributed by atoms with E-state index in [1.165, 1.54) is 0 Å². The quantitative estimate of drug-likeness (QED) is 0.300. The number of hydrogen-bond acceptors (Lipinski definition) is 7. The number of ether oxygens (including phenoxy) is 2. The van der Waals surface area contributed by atoms with E-state index in [9.17, 15) is 14.4 Å². The number of hydrogen-bond donors (Lipinski definition) is 2. The van der Waals surface area contributed by atoms with E-state index < -0.39 is 17.6 Å². The Morgan fingerprint density at radius 3 is 2.41 bits per heavy atom. The van der Waals surface area contributed by atoms with Gasteiger partial charge in [-0.05, 0) is 56.0 Å². The summed E-state index contributed by atoms with van der Waals surface area (Å²) >= 11 is 0. The molecular formula is C34H45N5O5. The summed E-state index contributed by atoms with van der Waals surface area (Å²) in [6.45, 7) is 10.9. The van der Waals surface area contributed by atoms with Crippen LogP contribution in [0.2, 0.25) is 0 Å². The number of aromatic nitrogens is 2. The molecule has 2 atom stereocenters. The number of rotatable bonds is 13. The average molecular weight is 604 g/mol. The van der Waals surface area contributed by atoms with Crippen molar-refractivity contribution in [3.05, 3.63) is 90.5 Å². The van der Waals surface area contributed by atoms with Gasteiger partial charge >= 0.3 is 0 Å². The molecule has 0 aliphatic carbocycles. The zero-order chi connectivity index (χ0) is 32.1. The molecule has 2 aromatic carbocycles. The monoisotopic (exact) mass is 603 g/mol. The van der Waals surface area contributed by atoms with Crippen LogP contribution in [0.1, 0.15) is 62.9 Å². The molecule has 44 heavy (non-hydrogen) atoms. The number of methoxy groups -OCH3 is 1. The fourth-order valence-corrected chi connectivity index (χ4v) is 4.64. The van der Waals surface area contributed by atoms with Gasteiger partial charge in [0, 0.05) is 25.7 Å². The fraction of sp³-hybridized carbons (Fsp3) is 0.412. The third-order valence-corrected chi connectivity index (χ3v) is 7.21. The van der Waals surface area contributed by atoms with Crippen molar-refractivity contribution in [2.75, 3.05) is 26.8 Å². The van der Waals surface area contributed by atoms with Crippen LogP contribution < -0.4 is 15.8 Å². The van der Waals surface area contributed by atoms with Gasteiger partial charge in [0.25, 0.3) is 0 Å². The van der Waals surface area contributed by atoms with Gasteiger partial charge in [-0.25, -0.2) is 4.98 Å². The largest absolute Gasteiger partial charge is 0.497 e. The summed E-state index contributed by atoms with van der Waals surface area (Å²) in [5.74, 6) is 0.410. The first kappa shape index (κ1) is 34.2. The minimum atomic E-state index is -1.02. The van der Waals surface area contributed by atoms with Crippen LogP contribution in [-0.2, 0) is 25.7 Å². The number of imidazole rings is 1. The molecule has 0 spiro atoms. The van der Waals surface area contributed by atoms with Crippen LogP contribution in [0.3, 0.4) is 0 Å². The number of nitrogens with two attached hydrogens (primary N) is 1. The van der Waals surface area contributed by atoms with Crippen LogP contribution in [-0.4, -0.2) is 70.4 Å². The third-order valence-electron chi connectivity index (χ3n) is 7.21. The third kappa shape index (κ3) is 9.89. The number of carbonyl (C=O) groups excluding carboxylic acids is 3. The van der Waals surface area contributed by atoms with Crippen molar-refractivity contribution in [2.24, 2.45) is 5.73 Å². The van der Waals surface area contributed by atoms with E-state index in [2.05, 4.69) is 16.9 Å². The first-order valence-corrected chi connectivity index (χ1v) is 14.9. The van der Waals surface area contributed by atoms with Crippen molar-refractivity contribution >= 4 is 23.7 Å². The number of likely N-dealkylation sites (tertiary alicyclic amines) is 1. The Balaban J connectivity index is 0.000000242. The number of Topliss-reactive ketones (excluding diaryl/α,β-unsaturated/α-hetero) is 1. The Labute approximate surface area is 260 Å². The van der Waals surface area contributed by atoms with E-state index in [0.29, 0.717) is 13.0 Å². The van der Waals surface area contributed by atoms with Crippen molar-refractivity contribution in [1.29, 1.82) is 0 Å². The molecular weight excluding hydrogens is 558 g/mol. The second-order valence-electron chi connectivity index (χ2n) is 11.2. The lowest BCUT2D eigenvalue weighted by Gasteiger charge is -2.24. The van der Waals surface area contributed by atoms with Crippen molar-refractivity contribution in [3.63, 3.8) is 0 Å². The summed E-state index contributed by atoms with van der Waals surface area (Å²) in [5.41, 5.74) is 7.38. The van der Waals surface area contributed by atoms with Gasteiger partial charge in [-0.15, -0.1) is 0 Å². The number of benzene rings is 2. The molecule has 3 aromatic rings. The second kappa shape index (κ2) is 16.5. The minimum Gasteiger partial charge on any atom is -0.497 e. The highest BCUT2D eigenvalue weighted by molar-refractivity contribution is 5.92. The number of nitrogens with one attached hydrogen (secondary N) is 1. The van der Waals surface area contributed by atoms with Crippen molar-refractivity contribution < 1.29 is 23.9 Å². The molecule has 1 aromatic heterocycles. The Morgan fingerprint density at radius 2 is 1.82 bits per heavy atom. The average Bonchev–Trinajstić information content (AvgIpc) is 3.74. The number of carbonyl (C=O) groups is 3. The van der Waals surface area contributed by atoms with E-state index in [4.69, 9.17) is 15.2 Å². The molecule has 1 fully saturated rings. The molecule has 1 aliphatic heterocycles. The standard InChI is InChI=1S/C18H21N3O2.C16H24N2O3/c1-3-15-12-21(13-19-15)17(18(22)20-9-4-5-10-20)14-7-6-8-16(11-14)23-2;1-4-14(19)13(18-15(20)16(2,3)17)11-21-10-12-8-6-5-7-9-12/h3,6-8,11-13,17H,1,4-5,9-10H2,2H3;5-9,13H,4,10-11,17H2,1-3H3,(H,18,20)/t;13-/m.1/s1. The van der Waals surface area contributed by atoms with Crippen molar-refractivity contribution in [3.8, 4) is 5.75 Å². The predicted octanol–water partition coefficient (Wildman–Crippen LogP) is 4.15. The van der Waals surface area contributed by atoms with E-state index in [0.717, 1.165) is 48.5 Å². The maximum atomic E-state index is 13.1. The van der Waals surface area contributed by atoms with E-state index >= 15 is 0 Å². The van der Waals surface area contributed by atoms with Crippen LogP contribution >= 0.6 is 0 Å². The molecule has 10 nitrogen and oxygen atoms in total. The van der Waals surface area contributed by atoms with E-state index in [1.807, 2.05) is 70.3 Å². The fourth-order valence-electron chi connectivity index (χ4n) is 4.64. The van der Waals surface area contributed by atoms with Gasteiger partial charge in [-0.1, -0.05) is 56.0 Å². The molecule has 236 valence electrons. The smallest absolute Gasteiger partial charge is 0.250 e. The molecule has 3 N–H and O–H groups in total. The first-order valence-electron chi connectivity index (χ1n) is 14.9. The van der Waals surface area contributed by atoms with Crippen LogP contribution in [0.4, 0.5) is 0 Å². The van der Waals surface area contributed by atoms with Crippen LogP contribution in [0.15, 0.2) is 73.7 Å². The molecule has 1 aliphatic rings. The molecule has 1 unspecified atom stereocenters.